The summed E-state index contributed by atoms with van der Waals surface area (Å²) in [5, 5.41) is 0. The van der Waals surface area contributed by atoms with Crippen molar-refractivity contribution in [3.8, 4) is 0 Å². The molecule has 0 aliphatic rings. The summed E-state index contributed by atoms with van der Waals surface area (Å²) >= 11 is 0. The summed E-state index contributed by atoms with van der Waals surface area (Å²) in [6.45, 7) is 11.1. The molecule has 0 heterocycles. The van der Waals surface area contributed by atoms with Crippen molar-refractivity contribution in [1.29, 1.82) is 0 Å². The van der Waals surface area contributed by atoms with Gasteiger partial charge in [-0.15, -0.1) is 0 Å². The monoisotopic (exact) mass is 266 g/mol. The number of hydrogen-bond acceptors (Lipinski definition) is 0. The van der Waals surface area contributed by atoms with Gasteiger partial charge in [-0.05, 0) is 57.6 Å². The van der Waals surface area contributed by atoms with Crippen LogP contribution in [0.4, 0.5) is 0 Å². The first-order valence-electron chi connectivity index (χ1n) is 7.63. The molecule has 0 saturated heterocycles. The van der Waals surface area contributed by atoms with Gasteiger partial charge in [0, 0.05) is 0 Å². The quantitative estimate of drug-likeness (QED) is 0.670. The van der Waals surface area contributed by atoms with Crippen molar-refractivity contribution in [1.82, 2.24) is 0 Å². The number of hydrogen-bond donors (Lipinski definition) is 0. The highest BCUT2D eigenvalue weighted by atomic mass is 14.2. The molecule has 0 N–H and O–H groups in total. The molecule has 20 heavy (non-hydrogen) atoms. The number of rotatable bonds is 4. The smallest absolute Gasteiger partial charge is 0.0124 e. The van der Waals surface area contributed by atoms with Gasteiger partial charge in [-0.3, -0.25) is 0 Å². The molecule has 0 saturated carbocycles. The molecule has 1 unspecified atom stereocenters. The zero-order valence-electron chi connectivity index (χ0n) is 13.5. The summed E-state index contributed by atoms with van der Waals surface area (Å²) in [5.74, 6) is 0.620. The largest absolute Gasteiger partial charge is 0.0648 e. The predicted octanol–water partition coefficient (Wildman–Crippen LogP) is 5.66. The standard InChI is InChI=1S/C20H26/c1-6-19(20-11-16(4)8-17(5)12-20)13-18-9-14(2)7-15(3)10-18/h7-12,19H,6,13H2,1-5H3. The lowest BCUT2D eigenvalue weighted by atomic mass is 9.87. The first kappa shape index (κ1) is 14.8. The van der Waals surface area contributed by atoms with Crippen LogP contribution >= 0.6 is 0 Å². The lowest BCUT2D eigenvalue weighted by Crippen LogP contribution is -2.03. The minimum atomic E-state index is 0.620. The third-order valence-electron chi connectivity index (χ3n) is 3.97. The SMILES string of the molecule is CCC(Cc1cc(C)cc(C)c1)c1cc(C)cc(C)c1. The molecule has 1 atom stereocenters. The van der Waals surface area contributed by atoms with Crippen LogP contribution in [-0.4, -0.2) is 0 Å². The van der Waals surface area contributed by atoms with E-state index < -0.39 is 0 Å². The Labute approximate surface area is 123 Å². The molecule has 0 aromatic heterocycles. The predicted molar refractivity (Wildman–Crippen MR) is 88.6 cm³/mol. The van der Waals surface area contributed by atoms with E-state index in [4.69, 9.17) is 0 Å². The van der Waals surface area contributed by atoms with Gasteiger partial charge in [-0.2, -0.15) is 0 Å². The molecule has 0 amide bonds. The minimum Gasteiger partial charge on any atom is -0.0648 e. The van der Waals surface area contributed by atoms with E-state index in [0.29, 0.717) is 5.92 Å². The van der Waals surface area contributed by atoms with Crippen molar-refractivity contribution in [2.75, 3.05) is 0 Å². The Bertz CT molecular complexity index is 552. The molecule has 0 aliphatic heterocycles. The fraction of sp³-hybridized carbons (Fsp3) is 0.400. The van der Waals surface area contributed by atoms with E-state index in [2.05, 4.69) is 71.0 Å². The molecule has 0 fully saturated rings. The van der Waals surface area contributed by atoms with Gasteiger partial charge < -0.3 is 0 Å². The Hall–Kier alpha value is -1.56. The second-order valence-electron chi connectivity index (χ2n) is 6.23. The van der Waals surface area contributed by atoms with Crippen molar-refractivity contribution in [2.24, 2.45) is 0 Å². The maximum Gasteiger partial charge on any atom is -0.0124 e. The minimum absolute atomic E-state index is 0.620. The molecule has 106 valence electrons. The maximum atomic E-state index is 2.35. The third kappa shape index (κ3) is 3.72. The highest BCUT2D eigenvalue weighted by Crippen LogP contribution is 2.26. The van der Waals surface area contributed by atoms with Crippen LogP contribution in [-0.2, 0) is 6.42 Å². The van der Waals surface area contributed by atoms with Crippen LogP contribution in [0.15, 0.2) is 36.4 Å². The fourth-order valence-corrected chi connectivity index (χ4v) is 3.21. The normalized spacial score (nSPS) is 12.4. The van der Waals surface area contributed by atoms with Crippen LogP contribution < -0.4 is 0 Å². The van der Waals surface area contributed by atoms with Crippen molar-refractivity contribution >= 4 is 0 Å². The molecule has 0 spiro atoms. The second-order valence-corrected chi connectivity index (χ2v) is 6.23. The van der Waals surface area contributed by atoms with Gasteiger partial charge in [-0.1, -0.05) is 65.6 Å². The molecule has 0 heteroatoms. The van der Waals surface area contributed by atoms with Gasteiger partial charge in [0.1, 0.15) is 0 Å². The Balaban J connectivity index is 2.28. The number of benzene rings is 2. The zero-order chi connectivity index (χ0) is 14.7. The van der Waals surface area contributed by atoms with E-state index in [1.165, 1.54) is 39.8 Å². The van der Waals surface area contributed by atoms with Crippen LogP contribution in [0.2, 0.25) is 0 Å². The maximum absolute atomic E-state index is 2.35. The highest BCUT2D eigenvalue weighted by molar-refractivity contribution is 5.34. The average Bonchev–Trinajstić information content (AvgIpc) is 2.33. The molecule has 0 radical (unpaired) electrons. The summed E-state index contributed by atoms with van der Waals surface area (Å²) < 4.78 is 0. The Kier molecular flexibility index (Phi) is 4.65. The van der Waals surface area contributed by atoms with E-state index >= 15 is 0 Å². The van der Waals surface area contributed by atoms with Crippen LogP contribution in [0.3, 0.4) is 0 Å². The summed E-state index contributed by atoms with van der Waals surface area (Å²) in [4.78, 5) is 0. The fourth-order valence-electron chi connectivity index (χ4n) is 3.21. The van der Waals surface area contributed by atoms with Crippen LogP contribution in [0, 0.1) is 27.7 Å². The summed E-state index contributed by atoms with van der Waals surface area (Å²) in [6.07, 6.45) is 2.33. The van der Waals surface area contributed by atoms with Gasteiger partial charge in [-0.25, -0.2) is 0 Å². The van der Waals surface area contributed by atoms with Gasteiger partial charge >= 0.3 is 0 Å². The first-order chi connectivity index (χ1) is 9.47. The van der Waals surface area contributed by atoms with Crippen molar-refractivity contribution in [3.05, 3.63) is 69.8 Å². The van der Waals surface area contributed by atoms with Crippen LogP contribution in [0.25, 0.3) is 0 Å². The topological polar surface area (TPSA) is 0 Å². The average molecular weight is 266 g/mol. The molecule has 0 aliphatic carbocycles. The second kappa shape index (κ2) is 6.26. The van der Waals surface area contributed by atoms with Gasteiger partial charge in [0.25, 0.3) is 0 Å². The lowest BCUT2D eigenvalue weighted by molar-refractivity contribution is 0.658. The molecule has 0 bridgehead atoms. The first-order valence-corrected chi connectivity index (χ1v) is 7.63. The van der Waals surface area contributed by atoms with E-state index in [1.807, 2.05) is 0 Å². The lowest BCUT2D eigenvalue weighted by Gasteiger charge is -2.18. The Morgan fingerprint density at radius 3 is 1.60 bits per heavy atom. The Morgan fingerprint density at radius 2 is 1.15 bits per heavy atom. The Morgan fingerprint density at radius 1 is 0.700 bits per heavy atom. The number of aryl methyl sites for hydroxylation is 4. The highest BCUT2D eigenvalue weighted by Gasteiger charge is 2.11. The third-order valence-corrected chi connectivity index (χ3v) is 3.97. The van der Waals surface area contributed by atoms with E-state index in [9.17, 15) is 0 Å². The van der Waals surface area contributed by atoms with Gasteiger partial charge in [0.2, 0.25) is 0 Å². The van der Waals surface area contributed by atoms with Gasteiger partial charge in [0.15, 0.2) is 0 Å². The van der Waals surface area contributed by atoms with Crippen molar-refractivity contribution in [3.63, 3.8) is 0 Å². The molecular formula is C20H26. The van der Waals surface area contributed by atoms with E-state index in [1.54, 1.807) is 0 Å². The van der Waals surface area contributed by atoms with E-state index in [0.717, 1.165) is 6.42 Å². The molecule has 2 aromatic rings. The molecule has 2 rings (SSSR count). The molecule has 2 aromatic carbocycles. The summed E-state index contributed by atoms with van der Waals surface area (Å²) in [5.41, 5.74) is 8.45. The zero-order valence-corrected chi connectivity index (χ0v) is 13.5. The molecule has 0 nitrogen and oxygen atoms in total. The van der Waals surface area contributed by atoms with Crippen LogP contribution in [0.1, 0.15) is 52.6 Å². The van der Waals surface area contributed by atoms with E-state index in [-0.39, 0.29) is 0 Å². The molecular weight excluding hydrogens is 240 g/mol. The summed E-state index contributed by atoms with van der Waals surface area (Å²) in [7, 11) is 0. The van der Waals surface area contributed by atoms with Gasteiger partial charge in [0.05, 0.1) is 0 Å². The van der Waals surface area contributed by atoms with Crippen LogP contribution in [0.5, 0.6) is 0 Å². The van der Waals surface area contributed by atoms with Crippen molar-refractivity contribution < 1.29 is 0 Å². The summed E-state index contributed by atoms with van der Waals surface area (Å²) in [6, 6.07) is 13.9. The van der Waals surface area contributed by atoms with Crippen molar-refractivity contribution in [2.45, 2.75) is 53.4 Å².